The zero-order valence-corrected chi connectivity index (χ0v) is 12.6. The molecule has 0 aliphatic heterocycles. The number of carbonyl (C=O) groups is 2. The van der Waals surface area contributed by atoms with Gasteiger partial charge in [-0.2, -0.15) is 0 Å². The standard InChI is InChI=1S/C17H19NO4/c1-11-5-6-14(12(2)8-11)17(21)15(9-16(19)20)18-10-13-4-3-7-22-13/h3-8,15,18H,9-10H2,1-2H3,(H,19,20). The summed E-state index contributed by atoms with van der Waals surface area (Å²) in [4.78, 5) is 23.6. The number of benzene rings is 1. The number of hydrogen-bond donors (Lipinski definition) is 2. The Balaban J connectivity index is 2.16. The molecule has 2 N–H and O–H groups in total. The van der Waals surface area contributed by atoms with E-state index in [1.165, 1.54) is 6.26 Å². The second-order valence-electron chi connectivity index (χ2n) is 5.29. The maximum absolute atomic E-state index is 12.6. The van der Waals surface area contributed by atoms with Gasteiger partial charge >= 0.3 is 5.97 Å². The van der Waals surface area contributed by atoms with Crippen molar-refractivity contribution in [2.75, 3.05) is 0 Å². The van der Waals surface area contributed by atoms with Crippen molar-refractivity contribution in [1.29, 1.82) is 0 Å². The summed E-state index contributed by atoms with van der Waals surface area (Å²) in [5.74, 6) is -0.578. The number of carboxylic acids is 1. The topological polar surface area (TPSA) is 79.5 Å². The van der Waals surface area contributed by atoms with Gasteiger partial charge in [0.2, 0.25) is 0 Å². The van der Waals surface area contributed by atoms with Gasteiger partial charge in [0.15, 0.2) is 5.78 Å². The largest absolute Gasteiger partial charge is 0.481 e. The molecule has 1 unspecified atom stereocenters. The lowest BCUT2D eigenvalue weighted by molar-refractivity contribution is -0.137. The van der Waals surface area contributed by atoms with Crippen molar-refractivity contribution in [2.45, 2.75) is 32.9 Å². The van der Waals surface area contributed by atoms with Gasteiger partial charge in [-0.15, -0.1) is 0 Å². The van der Waals surface area contributed by atoms with E-state index >= 15 is 0 Å². The number of Topliss-reactive ketones (excluding diaryl/α,β-unsaturated/α-hetero) is 1. The van der Waals surface area contributed by atoms with Crippen LogP contribution in [0.2, 0.25) is 0 Å². The Morgan fingerprint density at radius 1 is 1.27 bits per heavy atom. The van der Waals surface area contributed by atoms with Crippen LogP contribution in [0.5, 0.6) is 0 Å². The Morgan fingerprint density at radius 3 is 2.64 bits per heavy atom. The Bertz CT molecular complexity index is 661. The van der Waals surface area contributed by atoms with Crippen LogP contribution in [0.3, 0.4) is 0 Å². The van der Waals surface area contributed by atoms with Gasteiger partial charge in [0.25, 0.3) is 0 Å². The zero-order valence-electron chi connectivity index (χ0n) is 12.6. The summed E-state index contributed by atoms with van der Waals surface area (Å²) in [5.41, 5.74) is 2.45. The van der Waals surface area contributed by atoms with Gasteiger partial charge in [-0.25, -0.2) is 0 Å². The lowest BCUT2D eigenvalue weighted by atomic mass is 9.96. The number of carboxylic acid groups (broad SMARTS) is 1. The van der Waals surface area contributed by atoms with Crippen molar-refractivity contribution >= 4 is 11.8 Å². The molecule has 1 heterocycles. The van der Waals surface area contributed by atoms with Crippen molar-refractivity contribution < 1.29 is 19.1 Å². The van der Waals surface area contributed by atoms with Gasteiger partial charge in [-0.1, -0.05) is 23.8 Å². The van der Waals surface area contributed by atoms with Crippen LogP contribution >= 0.6 is 0 Å². The predicted octanol–water partition coefficient (Wildman–Crippen LogP) is 2.71. The molecule has 0 aliphatic carbocycles. The molecule has 2 aromatic rings. The first-order valence-electron chi connectivity index (χ1n) is 7.06. The van der Waals surface area contributed by atoms with Gasteiger partial charge in [-0.3, -0.25) is 14.9 Å². The molecule has 2 rings (SSSR count). The highest BCUT2D eigenvalue weighted by Crippen LogP contribution is 2.15. The first kappa shape index (κ1) is 16.0. The molecular formula is C17H19NO4. The molecule has 0 aliphatic rings. The molecule has 0 saturated heterocycles. The van der Waals surface area contributed by atoms with Gasteiger partial charge in [0.05, 0.1) is 25.3 Å². The van der Waals surface area contributed by atoms with E-state index in [2.05, 4.69) is 5.32 Å². The molecule has 0 amide bonds. The van der Waals surface area contributed by atoms with Crippen molar-refractivity contribution in [2.24, 2.45) is 0 Å². The SMILES string of the molecule is Cc1ccc(C(=O)C(CC(=O)O)NCc2ccco2)c(C)c1. The highest BCUT2D eigenvalue weighted by atomic mass is 16.4. The molecule has 116 valence electrons. The van der Waals surface area contributed by atoms with E-state index in [0.29, 0.717) is 17.9 Å². The summed E-state index contributed by atoms with van der Waals surface area (Å²) < 4.78 is 5.19. The summed E-state index contributed by atoms with van der Waals surface area (Å²) >= 11 is 0. The minimum absolute atomic E-state index is 0.216. The highest BCUT2D eigenvalue weighted by molar-refractivity contribution is 6.02. The van der Waals surface area contributed by atoms with E-state index in [1.54, 1.807) is 18.2 Å². The van der Waals surface area contributed by atoms with Crippen LogP contribution in [0.25, 0.3) is 0 Å². The average molecular weight is 301 g/mol. The van der Waals surface area contributed by atoms with E-state index in [9.17, 15) is 9.59 Å². The molecule has 5 heteroatoms. The fraction of sp³-hybridized carbons (Fsp3) is 0.294. The lowest BCUT2D eigenvalue weighted by Gasteiger charge is -2.16. The fourth-order valence-corrected chi connectivity index (χ4v) is 2.35. The highest BCUT2D eigenvalue weighted by Gasteiger charge is 2.24. The van der Waals surface area contributed by atoms with Crippen LogP contribution in [0.1, 0.15) is 33.7 Å². The van der Waals surface area contributed by atoms with Gasteiger partial charge in [0.1, 0.15) is 5.76 Å². The molecule has 0 saturated carbocycles. The number of rotatable bonds is 7. The van der Waals surface area contributed by atoms with Crippen molar-refractivity contribution in [3.8, 4) is 0 Å². The third-order valence-corrected chi connectivity index (χ3v) is 3.45. The maximum Gasteiger partial charge on any atom is 0.305 e. The van der Waals surface area contributed by atoms with Gasteiger partial charge in [0, 0.05) is 5.56 Å². The molecule has 1 atom stereocenters. The third-order valence-electron chi connectivity index (χ3n) is 3.45. The van der Waals surface area contributed by atoms with Crippen LogP contribution in [0, 0.1) is 13.8 Å². The molecule has 0 radical (unpaired) electrons. The van der Waals surface area contributed by atoms with Crippen LogP contribution in [-0.4, -0.2) is 22.9 Å². The third kappa shape index (κ3) is 4.05. The zero-order chi connectivity index (χ0) is 16.1. The van der Waals surface area contributed by atoms with Crippen LogP contribution in [0.15, 0.2) is 41.0 Å². The summed E-state index contributed by atoms with van der Waals surface area (Å²) in [6.07, 6.45) is 1.27. The van der Waals surface area contributed by atoms with Crippen molar-refractivity contribution in [3.05, 3.63) is 59.0 Å². The Hall–Kier alpha value is -2.40. The first-order chi connectivity index (χ1) is 10.5. The number of ketones is 1. The Labute approximate surface area is 129 Å². The molecular weight excluding hydrogens is 282 g/mol. The minimum Gasteiger partial charge on any atom is -0.481 e. The first-order valence-corrected chi connectivity index (χ1v) is 7.06. The summed E-state index contributed by atoms with van der Waals surface area (Å²) in [7, 11) is 0. The average Bonchev–Trinajstić information content (AvgIpc) is 2.95. The van der Waals surface area contributed by atoms with Crippen LogP contribution < -0.4 is 5.32 Å². The van der Waals surface area contributed by atoms with E-state index in [1.807, 2.05) is 26.0 Å². The number of carbonyl (C=O) groups excluding carboxylic acids is 1. The number of furan rings is 1. The number of aliphatic carboxylic acids is 1. The summed E-state index contributed by atoms with van der Waals surface area (Å²) in [6.45, 7) is 4.11. The van der Waals surface area contributed by atoms with E-state index < -0.39 is 12.0 Å². The van der Waals surface area contributed by atoms with Crippen molar-refractivity contribution in [3.63, 3.8) is 0 Å². The number of aryl methyl sites for hydroxylation is 2. The van der Waals surface area contributed by atoms with Crippen molar-refractivity contribution in [1.82, 2.24) is 5.32 Å². The summed E-state index contributed by atoms with van der Waals surface area (Å²) in [5, 5.41) is 12.0. The molecule has 0 bridgehead atoms. The van der Waals surface area contributed by atoms with E-state index in [4.69, 9.17) is 9.52 Å². The second-order valence-corrected chi connectivity index (χ2v) is 5.29. The molecule has 0 fully saturated rings. The number of nitrogens with one attached hydrogen (secondary N) is 1. The molecule has 1 aromatic heterocycles. The smallest absolute Gasteiger partial charge is 0.305 e. The monoisotopic (exact) mass is 301 g/mol. The molecule has 1 aromatic carbocycles. The summed E-state index contributed by atoms with van der Waals surface area (Å²) in [6, 6.07) is 8.24. The maximum atomic E-state index is 12.6. The van der Waals surface area contributed by atoms with Gasteiger partial charge < -0.3 is 9.52 Å². The second kappa shape index (κ2) is 7.04. The molecule has 22 heavy (non-hydrogen) atoms. The van der Waals surface area contributed by atoms with Crippen LogP contribution in [0.4, 0.5) is 0 Å². The quantitative estimate of drug-likeness (QED) is 0.769. The molecule has 5 nitrogen and oxygen atoms in total. The normalized spacial score (nSPS) is 12.1. The fourth-order valence-electron chi connectivity index (χ4n) is 2.35. The minimum atomic E-state index is -1.02. The van der Waals surface area contributed by atoms with Gasteiger partial charge in [-0.05, 0) is 31.5 Å². The number of hydrogen-bond acceptors (Lipinski definition) is 4. The Morgan fingerprint density at radius 2 is 2.05 bits per heavy atom. The Kier molecular flexibility index (Phi) is 5.12. The molecule has 0 spiro atoms. The van der Waals surface area contributed by atoms with Crippen LogP contribution in [-0.2, 0) is 11.3 Å². The lowest BCUT2D eigenvalue weighted by Crippen LogP contribution is -2.38. The predicted molar refractivity (Wildman–Crippen MR) is 81.8 cm³/mol. The van der Waals surface area contributed by atoms with E-state index in [-0.39, 0.29) is 12.2 Å². The van der Waals surface area contributed by atoms with E-state index in [0.717, 1.165) is 11.1 Å².